The van der Waals surface area contributed by atoms with Crippen LogP contribution >= 0.6 is 0 Å². The molecule has 0 aliphatic rings. The minimum atomic E-state index is -0.931. The summed E-state index contributed by atoms with van der Waals surface area (Å²) >= 11 is 0. The number of aromatic hydroxyl groups is 1. The van der Waals surface area contributed by atoms with Crippen LogP contribution in [0.1, 0.15) is 5.56 Å². The first-order valence-corrected chi connectivity index (χ1v) is 4.65. The fourth-order valence-electron chi connectivity index (χ4n) is 1.03. The Morgan fingerprint density at radius 1 is 1.42 bits per heavy atom. The zero-order chi connectivity index (χ0) is 14.4. The average molecular weight is 268 g/mol. The molecule has 0 saturated carbocycles. The molecule has 1 aromatic carbocycles. The van der Waals surface area contributed by atoms with Gasteiger partial charge in [0, 0.05) is 17.7 Å². The number of phenolic OH excluding ortho intramolecular Hbond substituents is 1. The molecule has 0 saturated heterocycles. The second-order valence-corrected chi connectivity index (χ2v) is 3.10. The maximum Gasteiger partial charge on any atom is 0.275 e. The third-order valence-electron chi connectivity index (χ3n) is 1.79. The molecule has 11 nitrogen and oxygen atoms in total. The Morgan fingerprint density at radius 3 is 2.68 bits per heavy atom. The summed E-state index contributed by atoms with van der Waals surface area (Å²) in [4.78, 5) is 19.8. The van der Waals surface area contributed by atoms with Crippen LogP contribution in [-0.4, -0.2) is 27.2 Å². The van der Waals surface area contributed by atoms with E-state index in [9.17, 15) is 25.3 Å². The number of hydrazine groups is 1. The summed E-state index contributed by atoms with van der Waals surface area (Å²) < 4.78 is 0. The molecule has 0 radical (unpaired) electrons. The third kappa shape index (κ3) is 4.26. The molecule has 0 aromatic heterocycles. The second-order valence-electron chi connectivity index (χ2n) is 3.10. The molecule has 1 rings (SSSR count). The van der Waals surface area contributed by atoms with Crippen LogP contribution in [-0.2, 0) is 0 Å². The predicted molar refractivity (Wildman–Crippen MR) is 64.1 cm³/mol. The van der Waals surface area contributed by atoms with Gasteiger partial charge in [-0.15, -0.1) is 5.10 Å². The molecule has 1 aromatic rings. The van der Waals surface area contributed by atoms with Crippen LogP contribution in [0.5, 0.6) is 5.75 Å². The Morgan fingerprint density at radius 2 is 2.11 bits per heavy atom. The lowest BCUT2D eigenvalue weighted by molar-refractivity contribution is -0.525. The summed E-state index contributed by atoms with van der Waals surface area (Å²) in [5.41, 5.74) is 6.38. The maximum absolute atomic E-state index is 10.5. The number of benzene rings is 1. The van der Waals surface area contributed by atoms with Gasteiger partial charge in [0.2, 0.25) is 0 Å². The van der Waals surface area contributed by atoms with Crippen molar-refractivity contribution in [3.8, 4) is 5.75 Å². The van der Waals surface area contributed by atoms with Crippen molar-refractivity contribution in [2.45, 2.75) is 0 Å². The Balaban J connectivity index is 2.90. The van der Waals surface area contributed by atoms with Gasteiger partial charge < -0.3 is 10.8 Å². The summed E-state index contributed by atoms with van der Waals surface area (Å²) in [5.74, 6) is -0.837. The number of nitrogens with one attached hydrogen (secondary N) is 1. The molecule has 0 aliphatic heterocycles. The van der Waals surface area contributed by atoms with Crippen molar-refractivity contribution in [2.24, 2.45) is 15.9 Å². The second kappa shape index (κ2) is 5.90. The summed E-state index contributed by atoms with van der Waals surface area (Å²) in [6.07, 6.45) is 0.969. The molecule has 0 atom stereocenters. The first-order valence-electron chi connectivity index (χ1n) is 4.65. The number of phenols is 1. The molecule has 11 heteroatoms. The molecule has 0 unspecified atom stereocenters. The van der Waals surface area contributed by atoms with Gasteiger partial charge in [-0.05, 0) is 6.07 Å². The zero-order valence-corrected chi connectivity index (χ0v) is 9.26. The number of nitro benzene ring substituents is 1. The van der Waals surface area contributed by atoms with Crippen LogP contribution in [0.3, 0.4) is 0 Å². The van der Waals surface area contributed by atoms with Gasteiger partial charge in [0.15, 0.2) is 5.03 Å². The third-order valence-corrected chi connectivity index (χ3v) is 1.79. The fourth-order valence-corrected chi connectivity index (χ4v) is 1.03. The summed E-state index contributed by atoms with van der Waals surface area (Å²) in [7, 11) is 0. The van der Waals surface area contributed by atoms with Crippen molar-refractivity contribution >= 4 is 17.9 Å². The van der Waals surface area contributed by atoms with E-state index in [4.69, 9.17) is 5.73 Å². The molecule has 0 spiro atoms. The number of guanidine groups is 1. The molecule has 100 valence electrons. The highest BCUT2D eigenvalue weighted by Crippen LogP contribution is 2.21. The number of hydrogen-bond acceptors (Lipinski definition) is 7. The summed E-state index contributed by atoms with van der Waals surface area (Å²) in [5, 5.41) is 35.5. The minimum Gasteiger partial charge on any atom is -0.507 e. The Kier molecular flexibility index (Phi) is 4.29. The lowest BCUT2D eigenvalue weighted by Crippen LogP contribution is -2.35. The van der Waals surface area contributed by atoms with Gasteiger partial charge in [0.25, 0.3) is 11.6 Å². The van der Waals surface area contributed by atoms with Crippen LogP contribution in [0.25, 0.3) is 0 Å². The van der Waals surface area contributed by atoms with Crippen LogP contribution < -0.4 is 11.2 Å². The largest absolute Gasteiger partial charge is 0.507 e. The molecule has 0 bridgehead atoms. The molecule has 0 fully saturated rings. The summed E-state index contributed by atoms with van der Waals surface area (Å²) in [6.45, 7) is 0. The molecule has 4 N–H and O–H groups in total. The maximum atomic E-state index is 10.5. The van der Waals surface area contributed by atoms with Crippen molar-refractivity contribution in [1.82, 2.24) is 5.43 Å². The van der Waals surface area contributed by atoms with Gasteiger partial charge in [-0.2, -0.15) is 5.10 Å². The first-order chi connectivity index (χ1) is 8.90. The van der Waals surface area contributed by atoms with Crippen molar-refractivity contribution in [1.29, 1.82) is 0 Å². The smallest absolute Gasteiger partial charge is 0.275 e. The highest BCUT2D eigenvalue weighted by molar-refractivity contribution is 5.85. The Bertz CT molecular complexity index is 569. The quantitative estimate of drug-likeness (QED) is 0.292. The standard InChI is InChI=1S/C8H8N6O5/c9-8(12-14(18)19)11-10-4-5-3-6(13(16)17)1-2-7(5)15/h1-4,15H,(H3,9,11,12)/b10-4-. The molecule has 0 aliphatic carbocycles. The highest BCUT2D eigenvalue weighted by Gasteiger charge is 2.08. The van der Waals surface area contributed by atoms with E-state index in [0.29, 0.717) is 0 Å². The van der Waals surface area contributed by atoms with Crippen LogP contribution in [0.2, 0.25) is 0 Å². The van der Waals surface area contributed by atoms with Gasteiger partial charge in [-0.1, -0.05) is 5.43 Å². The lowest BCUT2D eigenvalue weighted by Gasteiger charge is -1.97. The molecular formula is C8H8N6O5. The van der Waals surface area contributed by atoms with Gasteiger partial charge >= 0.3 is 0 Å². The van der Waals surface area contributed by atoms with E-state index in [2.05, 4.69) is 10.2 Å². The number of nitrogens with two attached hydrogens (primary N) is 1. The SMILES string of the molecule is NC(=N/N=C\c1cc([N+](=O)[O-])ccc1O)N[N+](=O)[O-]. The Labute approximate surface area is 105 Å². The van der Waals surface area contributed by atoms with Gasteiger partial charge in [-0.3, -0.25) is 10.1 Å². The number of non-ortho nitro benzene ring substituents is 1. The van der Waals surface area contributed by atoms with Crippen LogP contribution in [0, 0.1) is 20.2 Å². The van der Waals surface area contributed by atoms with Gasteiger partial charge in [0.05, 0.1) is 11.1 Å². The van der Waals surface area contributed by atoms with Crippen molar-refractivity contribution in [3.63, 3.8) is 0 Å². The van der Waals surface area contributed by atoms with Crippen molar-refractivity contribution in [3.05, 3.63) is 44.0 Å². The molecule has 0 heterocycles. The lowest BCUT2D eigenvalue weighted by atomic mass is 10.2. The number of rotatable bonds is 4. The van der Waals surface area contributed by atoms with E-state index in [0.717, 1.165) is 24.4 Å². The average Bonchev–Trinajstić information content (AvgIpc) is 2.30. The van der Waals surface area contributed by atoms with Crippen molar-refractivity contribution < 1.29 is 15.1 Å². The minimum absolute atomic E-state index is 0.0202. The first kappa shape index (κ1) is 13.8. The molecule has 0 amide bonds. The van der Waals surface area contributed by atoms with E-state index < -0.39 is 15.9 Å². The number of nitrogens with zero attached hydrogens (tertiary/aromatic N) is 4. The monoisotopic (exact) mass is 268 g/mol. The highest BCUT2D eigenvalue weighted by atomic mass is 16.7. The van der Waals surface area contributed by atoms with E-state index in [1.165, 1.54) is 5.43 Å². The predicted octanol–water partition coefficient (Wildman–Crippen LogP) is -0.270. The van der Waals surface area contributed by atoms with E-state index in [1.54, 1.807) is 0 Å². The topological polar surface area (TPSA) is 169 Å². The molecular weight excluding hydrogens is 260 g/mol. The number of nitro groups is 2. The van der Waals surface area contributed by atoms with E-state index >= 15 is 0 Å². The summed E-state index contributed by atoms with van der Waals surface area (Å²) in [6, 6.07) is 3.28. The molecule has 19 heavy (non-hydrogen) atoms. The van der Waals surface area contributed by atoms with Gasteiger partial charge in [-0.25, -0.2) is 10.1 Å². The Hall–Kier alpha value is -3.24. The number of hydrogen-bond donors (Lipinski definition) is 3. The van der Waals surface area contributed by atoms with E-state index in [1.807, 2.05) is 0 Å². The normalized spacial score (nSPS) is 11.5. The van der Waals surface area contributed by atoms with Gasteiger partial charge in [0.1, 0.15) is 5.75 Å². The van der Waals surface area contributed by atoms with Crippen LogP contribution in [0.4, 0.5) is 5.69 Å². The zero-order valence-electron chi connectivity index (χ0n) is 9.26. The van der Waals surface area contributed by atoms with Crippen molar-refractivity contribution in [2.75, 3.05) is 0 Å². The van der Waals surface area contributed by atoms with Crippen LogP contribution in [0.15, 0.2) is 28.4 Å². The van der Waals surface area contributed by atoms with E-state index in [-0.39, 0.29) is 17.0 Å². The fraction of sp³-hybridized carbons (Fsp3) is 0.